The number of nitrogen functional groups attached to an aromatic ring is 1. The van der Waals surface area contributed by atoms with E-state index in [0.717, 1.165) is 11.4 Å². The lowest BCUT2D eigenvalue weighted by atomic mass is 10.1. The second-order valence-corrected chi connectivity index (χ2v) is 3.82. The van der Waals surface area contributed by atoms with E-state index in [4.69, 9.17) is 5.73 Å². The van der Waals surface area contributed by atoms with Gasteiger partial charge >= 0.3 is 5.97 Å². The standard InChI is InChI=1S/C12H14N4O2/c1-16-7-9(6-14-16)15-8-3-4-11(13)10(5-8)12(17)18-2/h3-7,15H,13H2,1-2H3. The van der Waals surface area contributed by atoms with Crippen molar-refractivity contribution in [2.75, 3.05) is 18.2 Å². The number of rotatable bonds is 3. The first-order valence-electron chi connectivity index (χ1n) is 5.33. The molecule has 1 aromatic heterocycles. The summed E-state index contributed by atoms with van der Waals surface area (Å²) in [4.78, 5) is 11.5. The topological polar surface area (TPSA) is 82.2 Å². The summed E-state index contributed by atoms with van der Waals surface area (Å²) in [5.41, 5.74) is 8.02. The van der Waals surface area contributed by atoms with E-state index in [1.165, 1.54) is 7.11 Å². The van der Waals surface area contributed by atoms with E-state index in [9.17, 15) is 4.79 Å². The molecule has 0 unspecified atom stereocenters. The van der Waals surface area contributed by atoms with Crippen LogP contribution in [0, 0.1) is 0 Å². The van der Waals surface area contributed by atoms with Gasteiger partial charge in [-0.3, -0.25) is 4.68 Å². The molecule has 1 heterocycles. The normalized spacial score (nSPS) is 10.1. The number of carbonyl (C=O) groups excluding carboxylic acids is 1. The van der Waals surface area contributed by atoms with Gasteiger partial charge in [0.25, 0.3) is 0 Å². The maximum Gasteiger partial charge on any atom is 0.340 e. The molecule has 2 aromatic rings. The Morgan fingerprint density at radius 3 is 2.83 bits per heavy atom. The van der Waals surface area contributed by atoms with Crippen LogP contribution in [0.1, 0.15) is 10.4 Å². The number of methoxy groups -OCH3 is 1. The van der Waals surface area contributed by atoms with Crippen LogP contribution in [0.3, 0.4) is 0 Å². The van der Waals surface area contributed by atoms with E-state index in [1.807, 2.05) is 13.2 Å². The Labute approximate surface area is 104 Å². The van der Waals surface area contributed by atoms with Crippen LogP contribution in [0.5, 0.6) is 0 Å². The van der Waals surface area contributed by atoms with Crippen LogP contribution in [0.15, 0.2) is 30.6 Å². The number of esters is 1. The van der Waals surface area contributed by atoms with E-state index >= 15 is 0 Å². The van der Waals surface area contributed by atoms with Crippen LogP contribution in [-0.4, -0.2) is 22.9 Å². The van der Waals surface area contributed by atoms with Gasteiger partial charge in [-0.25, -0.2) is 4.79 Å². The Kier molecular flexibility index (Phi) is 3.18. The second kappa shape index (κ2) is 4.79. The van der Waals surface area contributed by atoms with Gasteiger partial charge in [0.2, 0.25) is 0 Å². The molecule has 3 N–H and O–H groups in total. The van der Waals surface area contributed by atoms with Crippen molar-refractivity contribution < 1.29 is 9.53 Å². The highest BCUT2D eigenvalue weighted by molar-refractivity contribution is 5.96. The van der Waals surface area contributed by atoms with Gasteiger partial charge in [-0.05, 0) is 18.2 Å². The van der Waals surface area contributed by atoms with E-state index in [1.54, 1.807) is 29.1 Å². The zero-order chi connectivity index (χ0) is 13.1. The summed E-state index contributed by atoms with van der Waals surface area (Å²) in [5.74, 6) is -0.456. The highest BCUT2D eigenvalue weighted by Gasteiger charge is 2.10. The Balaban J connectivity index is 2.27. The highest BCUT2D eigenvalue weighted by atomic mass is 16.5. The lowest BCUT2D eigenvalue weighted by Crippen LogP contribution is -2.06. The number of nitrogens with zero attached hydrogens (tertiary/aromatic N) is 2. The number of aromatic nitrogens is 2. The molecule has 6 nitrogen and oxygen atoms in total. The number of benzene rings is 1. The molecular weight excluding hydrogens is 232 g/mol. The summed E-state index contributed by atoms with van der Waals surface area (Å²) < 4.78 is 6.34. The Morgan fingerprint density at radius 1 is 1.44 bits per heavy atom. The van der Waals surface area contributed by atoms with Crippen molar-refractivity contribution in [1.82, 2.24) is 9.78 Å². The smallest absolute Gasteiger partial charge is 0.340 e. The van der Waals surface area contributed by atoms with E-state index in [-0.39, 0.29) is 0 Å². The fourth-order valence-corrected chi connectivity index (χ4v) is 1.57. The van der Waals surface area contributed by atoms with Crippen LogP contribution in [0.4, 0.5) is 17.1 Å². The molecule has 0 spiro atoms. The van der Waals surface area contributed by atoms with Gasteiger partial charge in [-0.1, -0.05) is 0 Å². The van der Waals surface area contributed by atoms with Gasteiger partial charge < -0.3 is 15.8 Å². The molecule has 18 heavy (non-hydrogen) atoms. The zero-order valence-corrected chi connectivity index (χ0v) is 10.2. The van der Waals surface area contributed by atoms with E-state index in [2.05, 4.69) is 15.2 Å². The van der Waals surface area contributed by atoms with Crippen molar-refractivity contribution in [3.8, 4) is 0 Å². The van der Waals surface area contributed by atoms with Crippen molar-refractivity contribution in [3.63, 3.8) is 0 Å². The molecule has 0 saturated carbocycles. The molecule has 1 aromatic carbocycles. The first-order valence-corrected chi connectivity index (χ1v) is 5.33. The highest BCUT2D eigenvalue weighted by Crippen LogP contribution is 2.21. The number of anilines is 3. The van der Waals surface area contributed by atoms with Gasteiger partial charge in [0.15, 0.2) is 0 Å². The fourth-order valence-electron chi connectivity index (χ4n) is 1.57. The molecule has 0 aliphatic heterocycles. The zero-order valence-electron chi connectivity index (χ0n) is 10.2. The third-order valence-electron chi connectivity index (χ3n) is 2.45. The molecule has 0 radical (unpaired) electrons. The first-order chi connectivity index (χ1) is 8.60. The minimum Gasteiger partial charge on any atom is -0.465 e. The molecule has 2 rings (SSSR count). The number of hydrogen-bond donors (Lipinski definition) is 2. The first kappa shape index (κ1) is 12.0. The number of nitrogens with two attached hydrogens (primary N) is 1. The number of ether oxygens (including phenoxy) is 1. The third kappa shape index (κ3) is 2.42. The predicted molar refractivity (Wildman–Crippen MR) is 68.7 cm³/mol. The second-order valence-electron chi connectivity index (χ2n) is 3.82. The van der Waals surface area contributed by atoms with E-state index < -0.39 is 5.97 Å². The van der Waals surface area contributed by atoms with Crippen LogP contribution in [0.2, 0.25) is 0 Å². The lowest BCUT2D eigenvalue weighted by molar-refractivity contribution is 0.0602. The average Bonchev–Trinajstić information content (AvgIpc) is 2.76. The quantitative estimate of drug-likeness (QED) is 0.634. The van der Waals surface area contributed by atoms with Gasteiger partial charge in [-0.2, -0.15) is 5.10 Å². The molecular formula is C12H14N4O2. The molecule has 0 amide bonds. The SMILES string of the molecule is COC(=O)c1cc(Nc2cnn(C)c2)ccc1N. The molecule has 0 aliphatic carbocycles. The monoisotopic (exact) mass is 246 g/mol. The number of carbonyl (C=O) groups is 1. The molecule has 0 atom stereocenters. The van der Waals surface area contributed by atoms with Crippen molar-refractivity contribution in [1.29, 1.82) is 0 Å². The van der Waals surface area contributed by atoms with Gasteiger partial charge in [0, 0.05) is 24.6 Å². The maximum absolute atomic E-state index is 11.5. The number of nitrogens with one attached hydrogen (secondary N) is 1. The third-order valence-corrected chi connectivity index (χ3v) is 2.45. The van der Waals surface area contributed by atoms with Crippen LogP contribution in [-0.2, 0) is 11.8 Å². The van der Waals surface area contributed by atoms with Crippen molar-refractivity contribution in [2.45, 2.75) is 0 Å². The Hall–Kier alpha value is -2.50. The van der Waals surface area contributed by atoms with Crippen LogP contribution in [0.25, 0.3) is 0 Å². The molecule has 0 saturated heterocycles. The van der Waals surface area contributed by atoms with Crippen molar-refractivity contribution in [2.24, 2.45) is 7.05 Å². The summed E-state index contributed by atoms with van der Waals surface area (Å²) in [6.45, 7) is 0. The van der Waals surface area contributed by atoms with Crippen LogP contribution >= 0.6 is 0 Å². The summed E-state index contributed by atoms with van der Waals surface area (Å²) in [7, 11) is 3.15. The molecule has 0 aliphatic rings. The summed E-state index contributed by atoms with van der Waals surface area (Å²) >= 11 is 0. The number of hydrogen-bond acceptors (Lipinski definition) is 5. The lowest BCUT2D eigenvalue weighted by Gasteiger charge is -2.08. The van der Waals surface area contributed by atoms with Gasteiger partial charge in [0.05, 0.1) is 24.6 Å². The van der Waals surface area contributed by atoms with Crippen molar-refractivity contribution >= 4 is 23.0 Å². The van der Waals surface area contributed by atoms with Crippen LogP contribution < -0.4 is 11.1 Å². The Bertz CT molecular complexity index is 577. The molecule has 94 valence electrons. The Morgan fingerprint density at radius 2 is 2.22 bits per heavy atom. The van der Waals surface area contributed by atoms with Gasteiger partial charge in [0.1, 0.15) is 0 Å². The predicted octanol–water partition coefficient (Wildman–Crippen LogP) is 1.53. The maximum atomic E-state index is 11.5. The minimum atomic E-state index is -0.456. The summed E-state index contributed by atoms with van der Waals surface area (Å²) in [6.07, 6.45) is 3.52. The minimum absolute atomic E-state index is 0.339. The van der Waals surface area contributed by atoms with E-state index in [0.29, 0.717) is 11.3 Å². The van der Waals surface area contributed by atoms with Gasteiger partial charge in [-0.15, -0.1) is 0 Å². The fraction of sp³-hybridized carbons (Fsp3) is 0.167. The number of aryl methyl sites for hydroxylation is 1. The summed E-state index contributed by atoms with van der Waals surface area (Å²) in [5, 5.41) is 7.17. The summed E-state index contributed by atoms with van der Waals surface area (Å²) in [6, 6.07) is 5.09. The molecule has 6 heteroatoms. The molecule has 0 bridgehead atoms. The largest absolute Gasteiger partial charge is 0.465 e. The van der Waals surface area contributed by atoms with Crippen molar-refractivity contribution in [3.05, 3.63) is 36.2 Å². The average molecular weight is 246 g/mol. The molecule has 0 fully saturated rings.